The summed E-state index contributed by atoms with van der Waals surface area (Å²) in [5.74, 6) is 0.395. The van der Waals surface area contributed by atoms with E-state index in [1.54, 1.807) is 0 Å². The normalized spacial score (nSPS) is 18.8. The van der Waals surface area contributed by atoms with Gasteiger partial charge in [-0.15, -0.1) is 0 Å². The number of anilines is 1. The van der Waals surface area contributed by atoms with Crippen LogP contribution in [0.1, 0.15) is 32.6 Å². The van der Waals surface area contributed by atoms with E-state index >= 15 is 0 Å². The molecule has 0 aromatic heterocycles. The van der Waals surface area contributed by atoms with Gasteiger partial charge in [0.2, 0.25) is 5.91 Å². The van der Waals surface area contributed by atoms with Crippen LogP contribution in [0, 0.1) is 5.92 Å². The number of rotatable bonds is 9. The Morgan fingerprint density at radius 3 is 2.71 bits per heavy atom. The second kappa shape index (κ2) is 10.9. The van der Waals surface area contributed by atoms with Crippen molar-refractivity contribution in [1.82, 2.24) is 15.5 Å². The van der Waals surface area contributed by atoms with Gasteiger partial charge in [-0.2, -0.15) is 0 Å². The van der Waals surface area contributed by atoms with Gasteiger partial charge in [-0.3, -0.25) is 9.69 Å². The third-order valence-corrected chi connectivity index (χ3v) is 5.69. The largest absolute Gasteiger partial charge is 0.387 e. The first-order valence-corrected chi connectivity index (χ1v) is 10.6. The Morgan fingerprint density at radius 2 is 2.04 bits per heavy atom. The topological polar surface area (TPSA) is 56.4 Å². The Bertz CT molecular complexity index is 662. The summed E-state index contributed by atoms with van der Waals surface area (Å²) in [6.45, 7) is 6.85. The number of amides is 1. The van der Waals surface area contributed by atoms with Crippen LogP contribution in [-0.4, -0.2) is 49.6 Å². The van der Waals surface area contributed by atoms with Gasteiger partial charge in [0.1, 0.15) is 0 Å². The standard InChI is InChI=1S/C23H34N4O/c1-2-21(26-22-6-4-3-5-7-22)10-15-25-23(28)20-11-16-27(17-12-20)18-19-8-13-24-14-9-19/h3-9,13,20-21,24,26H,2,10-12,14-18H2,1H3,(H,25,28). The van der Waals surface area contributed by atoms with Gasteiger partial charge in [-0.05, 0) is 68.8 Å². The molecule has 0 aliphatic carbocycles. The summed E-state index contributed by atoms with van der Waals surface area (Å²) in [6.07, 6.45) is 10.3. The number of benzene rings is 1. The predicted molar refractivity (Wildman–Crippen MR) is 116 cm³/mol. The van der Waals surface area contributed by atoms with Crippen molar-refractivity contribution >= 4 is 11.6 Å². The number of hydrogen-bond acceptors (Lipinski definition) is 4. The lowest BCUT2D eigenvalue weighted by Crippen LogP contribution is -2.42. The van der Waals surface area contributed by atoms with Crippen LogP contribution in [0.5, 0.6) is 0 Å². The first kappa shape index (κ1) is 20.5. The highest BCUT2D eigenvalue weighted by molar-refractivity contribution is 5.78. The van der Waals surface area contributed by atoms with Gasteiger partial charge in [-0.1, -0.05) is 31.2 Å². The molecular weight excluding hydrogens is 348 g/mol. The van der Waals surface area contributed by atoms with Gasteiger partial charge in [0.05, 0.1) is 0 Å². The molecule has 5 heteroatoms. The van der Waals surface area contributed by atoms with E-state index in [2.05, 4.69) is 52.1 Å². The van der Waals surface area contributed by atoms with Crippen LogP contribution in [0.3, 0.4) is 0 Å². The minimum Gasteiger partial charge on any atom is -0.387 e. The zero-order valence-corrected chi connectivity index (χ0v) is 17.0. The summed E-state index contributed by atoms with van der Waals surface area (Å²) in [4.78, 5) is 15.0. The molecule has 2 heterocycles. The highest BCUT2D eigenvalue weighted by atomic mass is 16.1. The van der Waals surface area contributed by atoms with E-state index in [9.17, 15) is 4.79 Å². The number of hydrogen-bond donors (Lipinski definition) is 3. The van der Waals surface area contributed by atoms with E-state index in [1.807, 2.05) is 24.4 Å². The number of piperidine rings is 1. The van der Waals surface area contributed by atoms with E-state index < -0.39 is 0 Å². The molecule has 1 aromatic rings. The second-order valence-electron chi connectivity index (χ2n) is 7.77. The molecule has 28 heavy (non-hydrogen) atoms. The quantitative estimate of drug-likeness (QED) is 0.614. The van der Waals surface area contributed by atoms with Crippen molar-refractivity contribution < 1.29 is 4.79 Å². The Kier molecular flexibility index (Phi) is 7.97. The lowest BCUT2D eigenvalue weighted by atomic mass is 9.95. The van der Waals surface area contributed by atoms with E-state index in [-0.39, 0.29) is 11.8 Å². The summed E-state index contributed by atoms with van der Waals surface area (Å²) in [5.41, 5.74) is 2.52. The molecule has 2 aliphatic heterocycles. The van der Waals surface area contributed by atoms with E-state index in [0.717, 1.165) is 64.1 Å². The Balaban J connectivity index is 1.34. The molecule has 0 radical (unpaired) electrons. The molecular formula is C23H34N4O. The summed E-state index contributed by atoms with van der Waals surface area (Å²) in [7, 11) is 0. The summed E-state index contributed by atoms with van der Waals surface area (Å²) >= 11 is 0. The fraction of sp³-hybridized carbons (Fsp3) is 0.522. The summed E-state index contributed by atoms with van der Waals surface area (Å²) in [5, 5.41) is 9.91. The smallest absolute Gasteiger partial charge is 0.223 e. The first-order chi connectivity index (χ1) is 13.7. The molecule has 1 atom stereocenters. The van der Waals surface area contributed by atoms with E-state index in [0.29, 0.717) is 6.04 Å². The predicted octanol–water partition coefficient (Wildman–Crippen LogP) is 3.14. The van der Waals surface area contributed by atoms with Gasteiger partial charge in [-0.25, -0.2) is 0 Å². The van der Waals surface area contributed by atoms with Gasteiger partial charge >= 0.3 is 0 Å². The minimum absolute atomic E-state index is 0.163. The van der Waals surface area contributed by atoms with Crippen molar-refractivity contribution in [1.29, 1.82) is 0 Å². The third kappa shape index (κ3) is 6.41. The van der Waals surface area contributed by atoms with Gasteiger partial charge in [0.15, 0.2) is 0 Å². The number of para-hydroxylation sites is 1. The monoisotopic (exact) mass is 382 g/mol. The number of carbonyl (C=O) groups excluding carboxylic acids is 1. The minimum atomic E-state index is 0.163. The second-order valence-corrected chi connectivity index (χ2v) is 7.77. The molecule has 5 nitrogen and oxygen atoms in total. The molecule has 1 aromatic carbocycles. The van der Waals surface area contributed by atoms with Gasteiger partial charge in [0.25, 0.3) is 0 Å². The highest BCUT2D eigenvalue weighted by Gasteiger charge is 2.25. The number of carbonyl (C=O) groups is 1. The summed E-state index contributed by atoms with van der Waals surface area (Å²) in [6, 6.07) is 10.7. The fourth-order valence-corrected chi connectivity index (χ4v) is 3.88. The van der Waals surface area contributed by atoms with Crippen molar-refractivity contribution in [3.05, 3.63) is 54.3 Å². The third-order valence-electron chi connectivity index (χ3n) is 5.69. The van der Waals surface area contributed by atoms with Crippen LogP contribution >= 0.6 is 0 Å². The van der Waals surface area contributed by atoms with Crippen LogP contribution in [-0.2, 0) is 4.79 Å². The number of likely N-dealkylation sites (tertiary alicyclic amines) is 1. The van der Waals surface area contributed by atoms with Crippen molar-refractivity contribution in [3.8, 4) is 0 Å². The molecule has 0 saturated carbocycles. The molecule has 0 bridgehead atoms. The molecule has 1 unspecified atom stereocenters. The summed E-state index contributed by atoms with van der Waals surface area (Å²) < 4.78 is 0. The molecule has 0 spiro atoms. The zero-order valence-electron chi connectivity index (χ0n) is 17.0. The number of nitrogens with one attached hydrogen (secondary N) is 3. The average molecular weight is 383 g/mol. The van der Waals surface area contributed by atoms with Crippen LogP contribution in [0.2, 0.25) is 0 Å². The molecule has 2 aliphatic rings. The van der Waals surface area contributed by atoms with Gasteiger partial charge < -0.3 is 16.0 Å². The Hall–Kier alpha value is -2.27. The van der Waals surface area contributed by atoms with Crippen LogP contribution < -0.4 is 16.0 Å². The van der Waals surface area contributed by atoms with Crippen LogP contribution in [0.4, 0.5) is 5.69 Å². The van der Waals surface area contributed by atoms with Crippen LogP contribution in [0.25, 0.3) is 0 Å². The maximum absolute atomic E-state index is 12.5. The number of dihydropyridines is 1. The van der Waals surface area contributed by atoms with E-state index in [1.165, 1.54) is 5.57 Å². The van der Waals surface area contributed by atoms with Crippen molar-refractivity contribution in [2.75, 3.05) is 38.0 Å². The first-order valence-electron chi connectivity index (χ1n) is 10.6. The molecule has 3 rings (SSSR count). The maximum Gasteiger partial charge on any atom is 0.223 e. The van der Waals surface area contributed by atoms with Crippen molar-refractivity contribution in [3.63, 3.8) is 0 Å². The molecule has 3 N–H and O–H groups in total. The fourth-order valence-electron chi connectivity index (χ4n) is 3.88. The molecule has 152 valence electrons. The van der Waals surface area contributed by atoms with E-state index in [4.69, 9.17) is 0 Å². The van der Waals surface area contributed by atoms with Crippen LogP contribution in [0.15, 0.2) is 54.3 Å². The molecule has 1 amide bonds. The van der Waals surface area contributed by atoms with Crippen molar-refractivity contribution in [2.24, 2.45) is 5.92 Å². The molecule has 1 saturated heterocycles. The van der Waals surface area contributed by atoms with Crippen molar-refractivity contribution in [2.45, 2.75) is 38.6 Å². The SMILES string of the molecule is CCC(CCNC(=O)C1CCN(CC2=CCNC=C2)CC1)Nc1ccccc1. The Labute approximate surface area is 169 Å². The Morgan fingerprint density at radius 1 is 1.25 bits per heavy atom. The zero-order chi connectivity index (χ0) is 19.6. The van der Waals surface area contributed by atoms with Gasteiger partial charge in [0, 0.05) is 37.3 Å². The highest BCUT2D eigenvalue weighted by Crippen LogP contribution is 2.19. The average Bonchev–Trinajstić information content (AvgIpc) is 2.75. The maximum atomic E-state index is 12.5. The lowest BCUT2D eigenvalue weighted by Gasteiger charge is -2.32. The number of nitrogens with zero attached hydrogens (tertiary/aromatic N) is 1. The molecule has 1 fully saturated rings. The lowest BCUT2D eigenvalue weighted by molar-refractivity contribution is -0.126.